The molecule has 0 heterocycles. The lowest BCUT2D eigenvalue weighted by molar-refractivity contribution is 0.0444. The van der Waals surface area contributed by atoms with Crippen LogP contribution in [0.25, 0.3) is 0 Å². The Hall–Kier alpha value is -0.240. The average molecular weight is 444 g/mol. The normalized spacial score (nSPS) is 13.7. The van der Waals surface area contributed by atoms with Crippen molar-refractivity contribution in [2.75, 3.05) is 93.7 Å². The maximum atomic E-state index is 9.86. The molecule has 0 saturated carbocycles. The van der Waals surface area contributed by atoms with Gasteiger partial charge in [0.25, 0.3) is 0 Å². The molecule has 0 spiro atoms. The van der Waals surface area contributed by atoms with E-state index >= 15 is 0 Å². The van der Waals surface area contributed by atoms with E-state index in [1.54, 1.807) is 0 Å². The summed E-state index contributed by atoms with van der Waals surface area (Å²) in [7, 11) is 8.73. The van der Waals surface area contributed by atoms with Gasteiger partial charge in [-0.1, -0.05) is 13.8 Å². The fourth-order valence-electron chi connectivity index (χ4n) is 3.48. The third-order valence-electron chi connectivity index (χ3n) is 6.35. The third kappa shape index (κ3) is 14.5. The Bertz CT molecular complexity index is 448. The van der Waals surface area contributed by atoms with Gasteiger partial charge in [0.15, 0.2) is 0 Å². The number of hydrogen-bond donors (Lipinski definition) is 1. The van der Waals surface area contributed by atoms with Crippen molar-refractivity contribution in [3.8, 4) is 0 Å². The lowest BCUT2D eigenvalue weighted by Crippen LogP contribution is -2.51. The molecule has 0 radical (unpaired) electrons. The Morgan fingerprint density at radius 2 is 1.03 bits per heavy atom. The minimum absolute atomic E-state index is 0.162. The first-order valence-corrected chi connectivity index (χ1v) is 12.3. The first kappa shape index (κ1) is 30.8. The first-order chi connectivity index (χ1) is 14.2. The van der Waals surface area contributed by atoms with Crippen molar-refractivity contribution in [3.63, 3.8) is 0 Å². The van der Waals surface area contributed by atoms with Crippen LogP contribution in [0.2, 0.25) is 0 Å². The molecule has 31 heavy (non-hydrogen) atoms. The summed E-state index contributed by atoms with van der Waals surface area (Å²) in [4.78, 5) is 12.2. The molecular weight excluding hydrogens is 386 g/mol. The van der Waals surface area contributed by atoms with Crippen LogP contribution in [0.5, 0.6) is 0 Å². The fourth-order valence-corrected chi connectivity index (χ4v) is 3.48. The molecule has 0 saturated heterocycles. The van der Waals surface area contributed by atoms with Gasteiger partial charge < -0.3 is 19.8 Å². The van der Waals surface area contributed by atoms with Crippen molar-refractivity contribution >= 4 is 0 Å². The smallest absolute Gasteiger partial charge is 0.0610 e. The molecule has 6 nitrogen and oxygen atoms in total. The summed E-state index contributed by atoms with van der Waals surface area (Å²) in [6.45, 7) is 25.7. The summed E-state index contributed by atoms with van der Waals surface area (Å²) in [6, 6.07) is 0. The van der Waals surface area contributed by atoms with Crippen molar-refractivity contribution in [1.82, 2.24) is 24.5 Å². The van der Waals surface area contributed by atoms with Gasteiger partial charge in [-0.05, 0) is 81.7 Å². The second-order valence-electron chi connectivity index (χ2n) is 11.7. The van der Waals surface area contributed by atoms with Crippen molar-refractivity contribution in [1.29, 1.82) is 0 Å². The Morgan fingerprint density at radius 3 is 1.39 bits per heavy atom. The Balaban J connectivity index is 4.64. The molecule has 0 atom stereocenters. The van der Waals surface area contributed by atoms with Gasteiger partial charge >= 0.3 is 0 Å². The number of nitrogens with zero attached hydrogens (tertiary/aromatic N) is 5. The number of aliphatic hydroxyl groups excluding tert-OH is 1. The van der Waals surface area contributed by atoms with Gasteiger partial charge in [0, 0.05) is 63.4 Å². The highest BCUT2D eigenvalue weighted by molar-refractivity contribution is 4.82. The lowest BCUT2D eigenvalue weighted by Gasteiger charge is -2.40. The SMILES string of the molecule is CC(C)CCN(CCN(C)CCN(CCN(C)CCN(C)C)C(C)(C)C)C(C)(C)CO. The number of rotatable bonds is 17. The van der Waals surface area contributed by atoms with E-state index in [4.69, 9.17) is 0 Å². The van der Waals surface area contributed by atoms with Gasteiger partial charge in [0.1, 0.15) is 0 Å². The van der Waals surface area contributed by atoms with E-state index in [0.717, 1.165) is 58.9 Å². The Morgan fingerprint density at radius 1 is 0.613 bits per heavy atom. The van der Waals surface area contributed by atoms with Crippen LogP contribution in [-0.2, 0) is 0 Å². The monoisotopic (exact) mass is 443 g/mol. The number of aliphatic hydroxyl groups is 1. The first-order valence-electron chi connectivity index (χ1n) is 12.3. The molecule has 0 fully saturated rings. The summed E-state index contributed by atoms with van der Waals surface area (Å²) in [5.74, 6) is 0.686. The highest BCUT2D eigenvalue weighted by atomic mass is 16.3. The fraction of sp³-hybridized carbons (Fsp3) is 1.00. The van der Waals surface area contributed by atoms with Crippen molar-refractivity contribution in [2.24, 2.45) is 5.92 Å². The molecule has 6 heteroatoms. The maximum absolute atomic E-state index is 9.86. The van der Waals surface area contributed by atoms with Crippen molar-refractivity contribution in [3.05, 3.63) is 0 Å². The van der Waals surface area contributed by atoms with Crippen LogP contribution in [0.1, 0.15) is 54.9 Å². The molecule has 1 N–H and O–H groups in total. The van der Waals surface area contributed by atoms with Gasteiger partial charge in [0.2, 0.25) is 0 Å². The molecular formula is C25H57N5O. The molecule has 0 aliphatic rings. The van der Waals surface area contributed by atoms with E-state index < -0.39 is 0 Å². The third-order valence-corrected chi connectivity index (χ3v) is 6.35. The van der Waals surface area contributed by atoms with E-state index in [-0.39, 0.29) is 17.7 Å². The van der Waals surface area contributed by atoms with Gasteiger partial charge in [-0.25, -0.2) is 0 Å². The molecule has 0 rings (SSSR count). The van der Waals surface area contributed by atoms with Crippen LogP contribution in [0.3, 0.4) is 0 Å². The molecule has 0 aromatic heterocycles. The zero-order valence-electron chi connectivity index (χ0n) is 23.0. The van der Waals surface area contributed by atoms with E-state index in [1.165, 1.54) is 6.42 Å². The average Bonchev–Trinajstić information content (AvgIpc) is 2.64. The predicted octanol–water partition coefficient (Wildman–Crippen LogP) is 2.63. The summed E-state index contributed by atoms with van der Waals surface area (Å²) >= 11 is 0. The van der Waals surface area contributed by atoms with Crippen molar-refractivity contribution < 1.29 is 5.11 Å². The molecule has 188 valence electrons. The molecule has 0 unspecified atom stereocenters. The minimum atomic E-state index is -0.162. The lowest BCUT2D eigenvalue weighted by atomic mass is 10.0. The Labute approximate surface area is 195 Å². The van der Waals surface area contributed by atoms with Crippen molar-refractivity contribution in [2.45, 2.75) is 66.0 Å². The highest BCUT2D eigenvalue weighted by Crippen LogP contribution is 2.16. The molecule has 0 amide bonds. The van der Waals surface area contributed by atoms with Crippen LogP contribution in [0, 0.1) is 5.92 Å². The van der Waals surface area contributed by atoms with E-state index in [2.05, 4.69) is 101 Å². The summed E-state index contributed by atoms with van der Waals surface area (Å²) in [5, 5.41) is 9.86. The predicted molar refractivity (Wildman–Crippen MR) is 137 cm³/mol. The molecule has 0 aliphatic carbocycles. The van der Waals surface area contributed by atoms with Gasteiger partial charge in [-0.2, -0.15) is 0 Å². The second-order valence-corrected chi connectivity index (χ2v) is 11.7. The van der Waals surface area contributed by atoms with Gasteiger partial charge in [-0.15, -0.1) is 0 Å². The number of hydrogen-bond acceptors (Lipinski definition) is 6. The summed E-state index contributed by atoms with van der Waals surface area (Å²) in [6.07, 6.45) is 1.17. The second kappa shape index (κ2) is 14.8. The summed E-state index contributed by atoms with van der Waals surface area (Å²) < 4.78 is 0. The zero-order chi connectivity index (χ0) is 24.2. The van der Waals surface area contributed by atoms with Crippen LogP contribution >= 0.6 is 0 Å². The standard InChI is InChI=1S/C25H57N5O/c1-23(2)12-13-30(25(6,7)22-31)21-18-28(11)17-20-29(24(3,4)5)19-16-27(10)15-14-26(8)9/h23,31H,12-22H2,1-11H3. The Kier molecular flexibility index (Phi) is 14.7. The highest BCUT2D eigenvalue weighted by Gasteiger charge is 2.26. The van der Waals surface area contributed by atoms with Crippen LogP contribution in [0.4, 0.5) is 0 Å². The van der Waals surface area contributed by atoms with E-state index in [1.807, 2.05) is 0 Å². The number of likely N-dealkylation sites (N-methyl/N-ethyl adjacent to an activating group) is 3. The largest absolute Gasteiger partial charge is 0.394 e. The topological polar surface area (TPSA) is 36.4 Å². The zero-order valence-corrected chi connectivity index (χ0v) is 23.0. The van der Waals surface area contributed by atoms with E-state index in [0.29, 0.717) is 5.92 Å². The van der Waals surface area contributed by atoms with E-state index in [9.17, 15) is 5.11 Å². The maximum Gasteiger partial charge on any atom is 0.0610 e. The molecule has 0 aromatic carbocycles. The van der Waals surface area contributed by atoms with Crippen LogP contribution in [0.15, 0.2) is 0 Å². The minimum Gasteiger partial charge on any atom is -0.394 e. The molecule has 0 aliphatic heterocycles. The summed E-state index contributed by atoms with van der Waals surface area (Å²) in [5.41, 5.74) is 0.00965. The quantitative estimate of drug-likeness (QED) is 0.372. The van der Waals surface area contributed by atoms with Crippen LogP contribution in [-0.4, -0.2) is 134 Å². The van der Waals surface area contributed by atoms with Gasteiger partial charge in [0.05, 0.1) is 6.61 Å². The molecule has 0 aromatic rings. The van der Waals surface area contributed by atoms with Crippen LogP contribution < -0.4 is 0 Å². The van der Waals surface area contributed by atoms with Gasteiger partial charge in [-0.3, -0.25) is 9.80 Å². The molecule has 0 bridgehead atoms.